The highest BCUT2D eigenvalue weighted by atomic mass is 16.6. The van der Waals surface area contributed by atoms with Crippen molar-refractivity contribution in [3.63, 3.8) is 0 Å². The maximum Gasteiger partial charge on any atom is 0.433 e. The Kier molecular flexibility index (Phi) is 4.53. The maximum absolute atomic E-state index is 12.4. The molecule has 0 saturated carbocycles. The molecule has 10 heteroatoms. The molecule has 3 aromatic rings. The lowest BCUT2D eigenvalue weighted by Gasteiger charge is -1.98. The highest BCUT2D eigenvalue weighted by Crippen LogP contribution is 2.16. The molecule has 0 spiro atoms. The SMILES string of the molecule is O=c1n(CCO)nc(-c2ccccc2)n1/N=C/c1ccc([N+](=O)[O-])o1. The molecule has 0 atom stereocenters. The van der Waals surface area contributed by atoms with Crippen LogP contribution in [0, 0.1) is 10.1 Å². The van der Waals surface area contributed by atoms with Crippen LogP contribution in [0.15, 0.2) is 56.8 Å². The summed E-state index contributed by atoms with van der Waals surface area (Å²) < 4.78 is 7.10. The van der Waals surface area contributed by atoms with Crippen LogP contribution < -0.4 is 5.69 Å². The Bertz CT molecular complexity index is 970. The van der Waals surface area contributed by atoms with Gasteiger partial charge in [-0.15, -0.1) is 5.10 Å². The quantitative estimate of drug-likeness (QED) is 0.405. The summed E-state index contributed by atoms with van der Waals surface area (Å²) in [5.74, 6) is -0.0306. The van der Waals surface area contributed by atoms with E-state index in [0.29, 0.717) is 5.56 Å². The van der Waals surface area contributed by atoms with Crippen molar-refractivity contribution in [2.24, 2.45) is 5.10 Å². The van der Waals surface area contributed by atoms with Crippen molar-refractivity contribution in [3.05, 3.63) is 68.8 Å². The first-order valence-electron chi connectivity index (χ1n) is 7.25. The molecule has 1 N–H and O–H groups in total. The van der Waals surface area contributed by atoms with Crippen LogP contribution in [0.4, 0.5) is 5.88 Å². The Labute approximate surface area is 140 Å². The molecule has 0 saturated heterocycles. The first-order chi connectivity index (χ1) is 12.1. The van der Waals surface area contributed by atoms with E-state index in [1.165, 1.54) is 18.3 Å². The Morgan fingerprint density at radius 2 is 2.04 bits per heavy atom. The number of aromatic nitrogens is 3. The summed E-state index contributed by atoms with van der Waals surface area (Å²) in [6.07, 6.45) is 1.19. The van der Waals surface area contributed by atoms with Gasteiger partial charge in [-0.05, 0) is 6.07 Å². The number of aliphatic hydroxyl groups excluding tert-OH is 1. The van der Waals surface area contributed by atoms with Gasteiger partial charge in [0.15, 0.2) is 11.6 Å². The van der Waals surface area contributed by atoms with Crippen LogP contribution in [0.1, 0.15) is 5.76 Å². The summed E-state index contributed by atoms with van der Waals surface area (Å²) in [4.78, 5) is 22.4. The fourth-order valence-electron chi connectivity index (χ4n) is 2.14. The number of hydrogen-bond donors (Lipinski definition) is 1. The third-order valence-corrected chi connectivity index (χ3v) is 3.25. The minimum Gasteiger partial charge on any atom is -0.400 e. The van der Waals surface area contributed by atoms with Crippen molar-refractivity contribution in [1.82, 2.24) is 14.5 Å². The van der Waals surface area contributed by atoms with E-state index in [2.05, 4.69) is 10.2 Å². The monoisotopic (exact) mass is 343 g/mol. The van der Waals surface area contributed by atoms with Gasteiger partial charge in [-0.25, -0.2) is 9.48 Å². The van der Waals surface area contributed by atoms with Crippen LogP contribution in [0.2, 0.25) is 0 Å². The lowest BCUT2D eigenvalue weighted by Crippen LogP contribution is -2.24. The first-order valence-corrected chi connectivity index (χ1v) is 7.25. The van der Waals surface area contributed by atoms with Crippen LogP contribution >= 0.6 is 0 Å². The van der Waals surface area contributed by atoms with E-state index in [1.54, 1.807) is 24.3 Å². The molecule has 2 aromatic heterocycles. The number of rotatable bonds is 6. The van der Waals surface area contributed by atoms with Crippen molar-refractivity contribution in [3.8, 4) is 11.4 Å². The Morgan fingerprint density at radius 1 is 1.28 bits per heavy atom. The molecule has 3 rings (SSSR count). The first kappa shape index (κ1) is 16.3. The number of aliphatic hydroxyl groups is 1. The molecule has 0 radical (unpaired) electrons. The minimum atomic E-state index is -0.668. The molecule has 0 aliphatic heterocycles. The van der Waals surface area contributed by atoms with Crippen LogP contribution in [0.3, 0.4) is 0 Å². The summed E-state index contributed by atoms with van der Waals surface area (Å²) in [5, 5.41) is 27.9. The third-order valence-electron chi connectivity index (χ3n) is 3.25. The zero-order valence-corrected chi connectivity index (χ0v) is 12.8. The van der Waals surface area contributed by atoms with Gasteiger partial charge in [0, 0.05) is 5.56 Å². The van der Waals surface area contributed by atoms with Crippen LogP contribution in [-0.4, -0.2) is 37.3 Å². The summed E-state index contributed by atoms with van der Waals surface area (Å²) >= 11 is 0. The molecule has 0 aliphatic rings. The van der Waals surface area contributed by atoms with Gasteiger partial charge in [-0.2, -0.15) is 9.78 Å². The molecular weight excluding hydrogens is 330 g/mol. The van der Waals surface area contributed by atoms with Gasteiger partial charge in [0.25, 0.3) is 0 Å². The van der Waals surface area contributed by atoms with Crippen molar-refractivity contribution in [2.45, 2.75) is 6.54 Å². The highest BCUT2D eigenvalue weighted by molar-refractivity contribution is 5.76. The standard InChI is InChI=1S/C15H13N5O5/c21-9-8-18-15(22)19(14(17-18)11-4-2-1-3-5-11)16-10-12-6-7-13(25-12)20(23)24/h1-7,10,21H,8-9H2/b16-10+. The number of nitro groups is 1. The largest absolute Gasteiger partial charge is 0.433 e. The molecule has 0 bridgehead atoms. The van der Waals surface area contributed by atoms with Crippen LogP contribution in [-0.2, 0) is 6.54 Å². The predicted molar refractivity (Wildman–Crippen MR) is 87.4 cm³/mol. The summed E-state index contributed by atoms with van der Waals surface area (Å²) in [5.41, 5.74) is 0.101. The summed E-state index contributed by atoms with van der Waals surface area (Å²) in [7, 11) is 0. The lowest BCUT2D eigenvalue weighted by atomic mass is 10.2. The van der Waals surface area contributed by atoms with Crippen molar-refractivity contribution in [1.29, 1.82) is 0 Å². The topological polar surface area (TPSA) is 129 Å². The van der Waals surface area contributed by atoms with Crippen molar-refractivity contribution >= 4 is 12.1 Å². The van der Waals surface area contributed by atoms with E-state index in [9.17, 15) is 14.9 Å². The fourth-order valence-corrected chi connectivity index (χ4v) is 2.14. The predicted octanol–water partition coefficient (Wildman–Crippen LogP) is 1.09. The Hall–Kier alpha value is -3.53. The van der Waals surface area contributed by atoms with Crippen molar-refractivity contribution < 1.29 is 14.4 Å². The lowest BCUT2D eigenvalue weighted by molar-refractivity contribution is -0.402. The molecule has 0 aliphatic carbocycles. The highest BCUT2D eigenvalue weighted by Gasteiger charge is 2.15. The van der Waals surface area contributed by atoms with E-state index in [4.69, 9.17) is 9.52 Å². The second-order valence-electron chi connectivity index (χ2n) is 4.91. The van der Waals surface area contributed by atoms with Gasteiger partial charge in [0.2, 0.25) is 0 Å². The molecular formula is C15H13N5O5. The molecule has 0 fully saturated rings. The van der Waals surface area contributed by atoms with Gasteiger partial charge in [-0.3, -0.25) is 10.1 Å². The Balaban J connectivity index is 2.02. The van der Waals surface area contributed by atoms with E-state index < -0.39 is 16.5 Å². The van der Waals surface area contributed by atoms with E-state index in [-0.39, 0.29) is 24.7 Å². The number of benzene rings is 1. The fraction of sp³-hybridized carbons (Fsp3) is 0.133. The van der Waals surface area contributed by atoms with E-state index in [1.807, 2.05) is 6.07 Å². The Morgan fingerprint density at radius 3 is 2.68 bits per heavy atom. The van der Waals surface area contributed by atoms with E-state index >= 15 is 0 Å². The molecule has 128 valence electrons. The van der Waals surface area contributed by atoms with Gasteiger partial charge in [0.05, 0.1) is 25.4 Å². The average molecular weight is 343 g/mol. The number of furan rings is 1. The second kappa shape index (κ2) is 6.93. The summed E-state index contributed by atoms with van der Waals surface area (Å²) in [6, 6.07) is 11.5. The number of nitrogens with zero attached hydrogens (tertiary/aromatic N) is 5. The normalized spacial score (nSPS) is 11.2. The van der Waals surface area contributed by atoms with Crippen LogP contribution in [0.5, 0.6) is 0 Å². The van der Waals surface area contributed by atoms with E-state index in [0.717, 1.165) is 9.36 Å². The molecule has 0 unspecified atom stereocenters. The van der Waals surface area contributed by atoms with Gasteiger partial charge < -0.3 is 9.52 Å². The zero-order valence-electron chi connectivity index (χ0n) is 12.8. The second-order valence-corrected chi connectivity index (χ2v) is 4.91. The van der Waals surface area contributed by atoms with Gasteiger partial charge >= 0.3 is 11.6 Å². The minimum absolute atomic E-state index is 0.0212. The summed E-state index contributed by atoms with van der Waals surface area (Å²) in [6.45, 7) is -0.230. The molecule has 1 aromatic carbocycles. The van der Waals surface area contributed by atoms with Gasteiger partial charge in [-0.1, -0.05) is 30.3 Å². The number of hydrogen-bond acceptors (Lipinski definition) is 7. The zero-order chi connectivity index (χ0) is 17.8. The van der Waals surface area contributed by atoms with Gasteiger partial charge in [0.1, 0.15) is 4.92 Å². The third kappa shape index (κ3) is 3.38. The van der Waals surface area contributed by atoms with Crippen LogP contribution in [0.25, 0.3) is 11.4 Å². The smallest absolute Gasteiger partial charge is 0.400 e. The molecule has 2 heterocycles. The molecule has 0 amide bonds. The molecule has 10 nitrogen and oxygen atoms in total. The average Bonchev–Trinajstić information content (AvgIpc) is 3.20. The maximum atomic E-state index is 12.4. The van der Waals surface area contributed by atoms with Crippen molar-refractivity contribution in [2.75, 3.05) is 6.61 Å². The molecule has 25 heavy (non-hydrogen) atoms.